The normalized spacial score (nSPS) is 13.2. The van der Waals surface area contributed by atoms with Crippen LogP contribution in [0.15, 0.2) is 11.4 Å². The molecule has 0 aromatic carbocycles. The van der Waals surface area contributed by atoms with E-state index >= 15 is 0 Å². The van der Waals surface area contributed by atoms with Gasteiger partial charge in [0.15, 0.2) is 18.4 Å². The number of hydrogen-bond acceptors (Lipinski definition) is 3. The fourth-order valence-electron chi connectivity index (χ4n) is 0.655. The first-order valence-corrected chi connectivity index (χ1v) is 3.04. The maximum atomic E-state index is 12.5. The van der Waals surface area contributed by atoms with E-state index in [2.05, 4.69) is 0 Å². The molecule has 0 fully saturated rings. The van der Waals surface area contributed by atoms with E-state index in [0.717, 1.165) is 0 Å². The fraction of sp³-hybridized carbons (Fsp3) is 0.571. The number of halogens is 1. The van der Waals surface area contributed by atoms with Crippen molar-refractivity contribution in [2.75, 3.05) is 14.2 Å². The van der Waals surface area contributed by atoms with Crippen molar-refractivity contribution in [1.82, 2.24) is 0 Å². The lowest BCUT2D eigenvalue weighted by molar-refractivity contribution is -0.107. The van der Waals surface area contributed by atoms with Gasteiger partial charge >= 0.3 is 0 Å². The quantitative estimate of drug-likeness (QED) is 0.352. The number of allylic oxidation sites excluding steroid dienone is 1. The molecule has 0 aromatic rings. The Hall–Kier alpha value is -0.740. The van der Waals surface area contributed by atoms with E-state index in [0.29, 0.717) is 0 Å². The molecule has 0 atom stereocenters. The van der Waals surface area contributed by atoms with Crippen molar-refractivity contribution in [2.45, 2.75) is 13.2 Å². The molecule has 0 unspecified atom stereocenters. The van der Waals surface area contributed by atoms with Crippen molar-refractivity contribution < 1.29 is 18.7 Å². The summed E-state index contributed by atoms with van der Waals surface area (Å²) in [4.78, 5) is 9.94. The number of ether oxygens (including phenoxy) is 2. The molecule has 64 valence electrons. The predicted octanol–water partition coefficient (Wildman–Crippen LogP) is 1.05. The zero-order valence-corrected chi connectivity index (χ0v) is 6.76. The number of aldehydes is 1. The average molecular weight is 162 g/mol. The molecule has 0 saturated carbocycles. The predicted molar refractivity (Wildman–Crippen MR) is 37.7 cm³/mol. The third kappa shape index (κ3) is 2.78. The van der Waals surface area contributed by atoms with Crippen LogP contribution in [0.5, 0.6) is 0 Å². The Morgan fingerprint density at radius 3 is 2.18 bits per heavy atom. The third-order valence-electron chi connectivity index (χ3n) is 1.26. The molecule has 0 amide bonds. The Morgan fingerprint density at radius 1 is 1.45 bits per heavy atom. The molecule has 3 nitrogen and oxygen atoms in total. The summed E-state index contributed by atoms with van der Waals surface area (Å²) in [7, 11) is 2.74. The summed E-state index contributed by atoms with van der Waals surface area (Å²) >= 11 is 0. The molecule has 0 aliphatic heterocycles. The van der Waals surface area contributed by atoms with Gasteiger partial charge in [0.05, 0.1) is 0 Å². The Morgan fingerprint density at radius 2 is 1.91 bits per heavy atom. The number of methoxy groups -OCH3 is 2. The van der Waals surface area contributed by atoms with E-state index < -0.39 is 12.1 Å². The van der Waals surface area contributed by atoms with Crippen molar-refractivity contribution in [2.24, 2.45) is 0 Å². The minimum absolute atomic E-state index is 0.125. The Bertz CT molecular complexity index is 161. The molecule has 0 aromatic heterocycles. The largest absolute Gasteiger partial charge is 0.352 e. The molecular formula is C7H11FO3. The van der Waals surface area contributed by atoms with Crippen molar-refractivity contribution >= 4 is 6.29 Å². The van der Waals surface area contributed by atoms with E-state index in [1.54, 1.807) is 0 Å². The van der Waals surface area contributed by atoms with Crippen LogP contribution in [0.4, 0.5) is 4.39 Å². The van der Waals surface area contributed by atoms with Crippen LogP contribution in [-0.2, 0) is 14.3 Å². The number of rotatable bonds is 4. The maximum absolute atomic E-state index is 12.5. The van der Waals surface area contributed by atoms with Crippen LogP contribution in [0.2, 0.25) is 0 Å². The van der Waals surface area contributed by atoms with E-state index in [-0.39, 0.29) is 11.9 Å². The fourth-order valence-corrected chi connectivity index (χ4v) is 0.655. The highest BCUT2D eigenvalue weighted by molar-refractivity contribution is 5.71. The number of hydrogen-bond donors (Lipinski definition) is 0. The lowest BCUT2D eigenvalue weighted by Crippen LogP contribution is -2.15. The van der Waals surface area contributed by atoms with Crippen LogP contribution in [0.3, 0.4) is 0 Å². The highest BCUT2D eigenvalue weighted by atomic mass is 19.1. The second-order valence-corrected chi connectivity index (χ2v) is 1.95. The van der Waals surface area contributed by atoms with Gasteiger partial charge in [-0.1, -0.05) is 0 Å². The highest BCUT2D eigenvalue weighted by Crippen LogP contribution is 2.11. The lowest BCUT2D eigenvalue weighted by atomic mass is 10.2. The van der Waals surface area contributed by atoms with Gasteiger partial charge in [-0.2, -0.15) is 0 Å². The Kier molecular flexibility index (Phi) is 4.65. The number of carbonyl (C=O) groups is 1. The molecule has 0 rings (SSSR count). The summed E-state index contributed by atoms with van der Waals surface area (Å²) < 4.78 is 21.9. The van der Waals surface area contributed by atoms with Gasteiger partial charge < -0.3 is 9.47 Å². The third-order valence-corrected chi connectivity index (χ3v) is 1.26. The van der Waals surface area contributed by atoms with Crippen LogP contribution >= 0.6 is 0 Å². The molecule has 0 N–H and O–H groups in total. The van der Waals surface area contributed by atoms with Crippen LogP contribution in [0, 0.1) is 0 Å². The van der Waals surface area contributed by atoms with Crippen molar-refractivity contribution in [3.8, 4) is 0 Å². The Balaban J connectivity index is 4.40. The first-order chi connectivity index (χ1) is 5.17. The van der Waals surface area contributed by atoms with E-state index in [1.807, 2.05) is 0 Å². The molecule has 0 aliphatic rings. The molecule has 0 aliphatic carbocycles. The van der Waals surface area contributed by atoms with Gasteiger partial charge in [0.25, 0.3) is 0 Å². The molecule has 11 heavy (non-hydrogen) atoms. The van der Waals surface area contributed by atoms with Crippen LogP contribution < -0.4 is 0 Å². The first kappa shape index (κ1) is 10.3. The van der Waals surface area contributed by atoms with Gasteiger partial charge in [0, 0.05) is 19.8 Å². The summed E-state index contributed by atoms with van der Waals surface area (Å²) in [6.45, 7) is 1.43. The lowest BCUT2D eigenvalue weighted by Gasteiger charge is -2.12. The van der Waals surface area contributed by atoms with Gasteiger partial charge in [-0.25, -0.2) is 4.39 Å². The van der Waals surface area contributed by atoms with E-state index in [1.165, 1.54) is 21.1 Å². The topological polar surface area (TPSA) is 35.5 Å². The second-order valence-electron chi connectivity index (χ2n) is 1.95. The van der Waals surface area contributed by atoms with Gasteiger partial charge in [-0.05, 0) is 6.92 Å². The molecule has 0 heterocycles. The van der Waals surface area contributed by atoms with Gasteiger partial charge in [0.2, 0.25) is 0 Å². The van der Waals surface area contributed by atoms with E-state index in [4.69, 9.17) is 9.47 Å². The summed E-state index contributed by atoms with van der Waals surface area (Å²) in [5.74, 6) is -0.848. The molecule has 0 radical (unpaired) electrons. The Labute approximate surface area is 64.8 Å². The SMILES string of the molecule is COC(OC)/C(C)=C(/F)C=O. The standard InChI is InChI=1S/C7H11FO3/c1-5(6(8)4-9)7(10-2)11-3/h4,7H,1-3H3/b6-5+. The molecule has 0 spiro atoms. The summed E-state index contributed by atoms with van der Waals surface area (Å²) in [5.41, 5.74) is 0.144. The van der Waals surface area contributed by atoms with E-state index in [9.17, 15) is 9.18 Å². The van der Waals surface area contributed by atoms with Gasteiger partial charge in [-0.3, -0.25) is 4.79 Å². The summed E-state index contributed by atoms with van der Waals surface area (Å²) in [6.07, 6.45) is -0.652. The van der Waals surface area contributed by atoms with Crippen LogP contribution in [-0.4, -0.2) is 26.8 Å². The minimum atomic E-state index is -0.848. The summed E-state index contributed by atoms with van der Waals surface area (Å²) in [6, 6.07) is 0. The smallest absolute Gasteiger partial charge is 0.182 e. The first-order valence-electron chi connectivity index (χ1n) is 3.04. The molecule has 4 heteroatoms. The number of carbonyl (C=O) groups excluding carboxylic acids is 1. The highest BCUT2D eigenvalue weighted by Gasteiger charge is 2.12. The van der Waals surface area contributed by atoms with Crippen molar-refractivity contribution in [3.63, 3.8) is 0 Å². The molecule has 0 bridgehead atoms. The monoisotopic (exact) mass is 162 g/mol. The molecular weight excluding hydrogens is 151 g/mol. The second kappa shape index (κ2) is 4.98. The van der Waals surface area contributed by atoms with Crippen LogP contribution in [0.25, 0.3) is 0 Å². The average Bonchev–Trinajstić information content (AvgIpc) is 2.05. The van der Waals surface area contributed by atoms with Gasteiger partial charge in [-0.15, -0.1) is 0 Å². The van der Waals surface area contributed by atoms with Crippen molar-refractivity contribution in [3.05, 3.63) is 11.4 Å². The summed E-state index contributed by atoms with van der Waals surface area (Å²) in [5, 5.41) is 0. The van der Waals surface area contributed by atoms with Crippen LogP contribution in [0.1, 0.15) is 6.92 Å². The molecule has 0 saturated heterocycles. The van der Waals surface area contributed by atoms with Gasteiger partial charge in [0.1, 0.15) is 0 Å². The van der Waals surface area contributed by atoms with Crippen molar-refractivity contribution in [1.29, 1.82) is 0 Å². The zero-order chi connectivity index (χ0) is 8.85. The minimum Gasteiger partial charge on any atom is -0.352 e. The maximum Gasteiger partial charge on any atom is 0.182 e. The zero-order valence-electron chi connectivity index (χ0n) is 6.76.